The van der Waals surface area contributed by atoms with Crippen LogP contribution >= 0.6 is 23.2 Å². The molecular weight excluding hydrogens is 675 g/mol. The number of carbonyl (C=O) groups is 1. The highest BCUT2D eigenvalue weighted by Gasteiger charge is 2.32. The van der Waals surface area contributed by atoms with Crippen LogP contribution < -0.4 is 26.2 Å². The minimum absolute atomic E-state index is 0.0967. The van der Waals surface area contributed by atoms with Gasteiger partial charge in [-0.05, 0) is 30.2 Å². The molecule has 10 nitrogen and oxygen atoms in total. The zero-order valence-corrected chi connectivity index (χ0v) is 29.4. The van der Waals surface area contributed by atoms with E-state index in [-0.39, 0.29) is 22.9 Å². The molecule has 0 saturated carbocycles. The summed E-state index contributed by atoms with van der Waals surface area (Å²) in [6, 6.07) is 19.4. The zero-order chi connectivity index (χ0) is 34.8. The van der Waals surface area contributed by atoms with Crippen LogP contribution in [0.15, 0.2) is 77.9 Å². The predicted octanol–water partition coefficient (Wildman–Crippen LogP) is 5.90. The fourth-order valence-corrected chi connectivity index (χ4v) is 7.16. The summed E-state index contributed by atoms with van der Waals surface area (Å²) in [5, 5.41) is 10.8. The van der Waals surface area contributed by atoms with Crippen LogP contribution in [0.4, 0.5) is 0 Å². The van der Waals surface area contributed by atoms with Crippen molar-refractivity contribution in [3.8, 4) is 39.4 Å². The Labute approximate surface area is 300 Å². The van der Waals surface area contributed by atoms with E-state index in [1.807, 2.05) is 60.7 Å². The summed E-state index contributed by atoms with van der Waals surface area (Å²) in [4.78, 5) is 34.2. The normalized spacial score (nSPS) is 16.7. The van der Waals surface area contributed by atoms with Crippen LogP contribution in [0, 0.1) is 5.41 Å². The lowest BCUT2D eigenvalue weighted by Crippen LogP contribution is -2.47. The van der Waals surface area contributed by atoms with Crippen molar-refractivity contribution in [3.05, 3.63) is 105 Å². The van der Waals surface area contributed by atoms with Crippen molar-refractivity contribution in [2.75, 3.05) is 33.4 Å². The first-order chi connectivity index (χ1) is 24.2. The number of aromatic nitrogens is 3. The molecule has 2 aliphatic rings. The minimum Gasteiger partial charge on any atom is -0.481 e. The van der Waals surface area contributed by atoms with Gasteiger partial charge < -0.3 is 25.4 Å². The largest absolute Gasteiger partial charge is 0.481 e. The molecule has 0 radical (unpaired) electrons. The number of rotatable bonds is 12. The van der Waals surface area contributed by atoms with Gasteiger partial charge in [0.2, 0.25) is 11.8 Å². The maximum absolute atomic E-state index is 13.3. The molecule has 1 amide bonds. The summed E-state index contributed by atoms with van der Waals surface area (Å²) >= 11 is 14.2. The summed E-state index contributed by atoms with van der Waals surface area (Å²) in [6.07, 6.45) is 4.78. The van der Waals surface area contributed by atoms with Crippen molar-refractivity contribution >= 4 is 34.8 Å². The highest BCUT2D eigenvalue weighted by molar-refractivity contribution is 6.39. The van der Waals surface area contributed by atoms with Gasteiger partial charge >= 0.3 is 0 Å². The Kier molecular flexibility index (Phi) is 9.90. The molecule has 258 valence electrons. The summed E-state index contributed by atoms with van der Waals surface area (Å²) in [5.74, 6) is 0.594. The molecule has 3 N–H and O–H groups in total. The SMILES string of the molecule is COc1nc(-c2cccc(-c3cccc(-c4ccn5c(=O)c(CNCC6(C)COC6)cnc5c4)c3Cl)c2Cl)ccc1CNCC1CCC(=O)N1. The number of pyridine rings is 2. The maximum atomic E-state index is 13.3. The predicted molar refractivity (Wildman–Crippen MR) is 196 cm³/mol. The molecule has 7 rings (SSSR count). The molecule has 0 spiro atoms. The van der Waals surface area contributed by atoms with Crippen molar-refractivity contribution in [2.24, 2.45) is 5.41 Å². The van der Waals surface area contributed by atoms with Crippen LogP contribution in [0.5, 0.6) is 5.88 Å². The Bertz CT molecular complexity index is 2130. The fraction of sp³-hybridized carbons (Fsp3) is 0.316. The first-order valence-corrected chi connectivity index (χ1v) is 17.4. The van der Waals surface area contributed by atoms with Gasteiger partial charge in [0, 0.05) is 89.8 Å². The molecule has 2 aromatic carbocycles. The third-order valence-electron chi connectivity index (χ3n) is 9.35. The fourth-order valence-electron chi connectivity index (χ4n) is 6.50. The number of methoxy groups -OCH3 is 1. The first kappa shape index (κ1) is 34.1. The van der Waals surface area contributed by atoms with Gasteiger partial charge in [-0.1, -0.05) is 72.6 Å². The third kappa shape index (κ3) is 6.99. The Balaban J connectivity index is 1.12. The van der Waals surface area contributed by atoms with E-state index in [0.717, 1.165) is 59.6 Å². The van der Waals surface area contributed by atoms with Gasteiger partial charge in [0.15, 0.2) is 0 Å². The number of nitrogens with zero attached hydrogens (tertiary/aromatic N) is 3. The lowest BCUT2D eigenvalue weighted by Gasteiger charge is -2.38. The van der Waals surface area contributed by atoms with Gasteiger partial charge in [-0.2, -0.15) is 0 Å². The Morgan fingerprint density at radius 3 is 2.38 bits per heavy atom. The standard InChI is InChI=1S/C38H38Cl2N6O4/c1-38(21-50-22-38)20-42-17-25-18-43-32-15-23(13-14-46(32)37(25)48)27-5-3-6-28(34(27)39)29-7-4-8-30(35(29)40)31-11-9-24(36(45-31)49-2)16-41-19-26-10-12-33(47)44-26/h3-9,11,13-15,18,26,41-42H,10,12,16-17,19-22H2,1-2H3,(H,44,47). The molecule has 1 atom stereocenters. The van der Waals surface area contributed by atoms with E-state index in [9.17, 15) is 9.59 Å². The second-order valence-electron chi connectivity index (χ2n) is 13.3. The van der Waals surface area contributed by atoms with Crippen LogP contribution in [0.3, 0.4) is 0 Å². The number of ether oxygens (including phenoxy) is 2. The molecule has 12 heteroatoms. The molecule has 0 aliphatic carbocycles. The molecule has 3 aromatic heterocycles. The van der Waals surface area contributed by atoms with Crippen molar-refractivity contribution in [2.45, 2.75) is 38.9 Å². The highest BCUT2D eigenvalue weighted by Crippen LogP contribution is 2.42. The minimum atomic E-state index is -0.110. The molecule has 0 bridgehead atoms. The molecule has 5 aromatic rings. The lowest BCUT2D eigenvalue weighted by atomic mass is 9.89. The van der Waals surface area contributed by atoms with Gasteiger partial charge in [-0.3, -0.25) is 14.0 Å². The number of benzene rings is 2. The second-order valence-corrected chi connectivity index (χ2v) is 14.0. The van der Waals surface area contributed by atoms with E-state index in [1.165, 1.54) is 0 Å². The number of halogens is 2. The van der Waals surface area contributed by atoms with Crippen molar-refractivity contribution < 1.29 is 14.3 Å². The zero-order valence-electron chi connectivity index (χ0n) is 27.9. The van der Waals surface area contributed by atoms with Crippen LogP contribution in [-0.2, 0) is 22.6 Å². The first-order valence-electron chi connectivity index (χ1n) is 16.6. The highest BCUT2D eigenvalue weighted by atomic mass is 35.5. The molecule has 2 fully saturated rings. The molecular formula is C38H38Cl2N6O4. The average molecular weight is 714 g/mol. The molecule has 2 aliphatic heterocycles. The monoisotopic (exact) mass is 712 g/mol. The average Bonchev–Trinajstić information content (AvgIpc) is 3.53. The van der Waals surface area contributed by atoms with Crippen LogP contribution in [0.1, 0.15) is 30.9 Å². The third-order valence-corrected chi connectivity index (χ3v) is 10.2. The summed E-state index contributed by atoms with van der Waals surface area (Å²) in [5.41, 5.74) is 6.58. The molecule has 50 heavy (non-hydrogen) atoms. The summed E-state index contributed by atoms with van der Waals surface area (Å²) in [6.45, 7) is 6.04. The van der Waals surface area contributed by atoms with E-state index in [0.29, 0.717) is 58.9 Å². The Hall–Kier alpha value is -4.32. The number of carbonyl (C=O) groups excluding carboxylic acids is 1. The maximum Gasteiger partial charge on any atom is 0.262 e. The van der Waals surface area contributed by atoms with Crippen LogP contribution in [0.25, 0.3) is 39.2 Å². The van der Waals surface area contributed by atoms with Crippen molar-refractivity contribution in [1.82, 2.24) is 30.3 Å². The van der Waals surface area contributed by atoms with Crippen molar-refractivity contribution in [1.29, 1.82) is 0 Å². The van der Waals surface area contributed by atoms with E-state index in [2.05, 4.69) is 27.9 Å². The Morgan fingerprint density at radius 1 is 0.960 bits per heavy atom. The van der Waals surface area contributed by atoms with Crippen LogP contribution in [0.2, 0.25) is 10.0 Å². The topological polar surface area (TPSA) is 119 Å². The van der Waals surface area contributed by atoms with Gasteiger partial charge in [0.1, 0.15) is 5.65 Å². The summed E-state index contributed by atoms with van der Waals surface area (Å²) in [7, 11) is 1.60. The van der Waals surface area contributed by atoms with Gasteiger partial charge in [0.05, 0.1) is 36.1 Å². The van der Waals surface area contributed by atoms with E-state index < -0.39 is 0 Å². The smallest absolute Gasteiger partial charge is 0.262 e. The van der Waals surface area contributed by atoms with Crippen molar-refractivity contribution in [3.63, 3.8) is 0 Å². The quantitative estimate of drug-likeness (QED) is 0.146. The van der Waals surface area contributed by atoms with Crippen LogP contribution in [-0.4, -0.2) is 59.7 Å². The summed E-state index contributed by atoms with van der Waals surface area (Å²) < 4.78 is 12.5. The number of hydrogen-bond acceptors (Lipinski definition) is 8. The number of fused-ring (bicyclic) bond motifs is 1. The lowest BCUT2D eigenvalue weighted by molar-refractivity contribution is -0.119. The second kappa shape index (κ2) is 14.5. The number of hydrogen-bond donors (Lipinski definition) is 3. The van der Waals surface area contributed by atoms with Gasteiger partial charge in [-0.15, -0.1) is 0 Å². The van der Waals surface area contributed by atoms with E-state index in [4.69, 9.17) is 37.7 Å². The molecule has 5 heterocycles. The molecule has 1 unspecified atom stereocenters. The van der Waals surface area contributed by atoms with E-state index >= 15 is 0 Å². The van der Waals surface area contributed by atoms with Gasteiger partial charge in [-0.25, -0.2) is 9.97 Å². The van der Waals surface area contributed by atoms with Gasteiger partial charge in [0.25, 0.3) is 5.56 Å². The number of nitrogens with one attached hydrogen (secondary N) is 3. The number of amides is 1. The molecule has 2 saturated heterocycles. The Morgan fingerprint density at radius 2 is 1.68 bits per heavy atom. The van der Waals surface area contributed by atoms with E-state index in [1.54, 1.807) is 23.9 Å².